The van der Waals surface area contributed by atoms with Gasteiger partial charge in [-0.1, -0.05) is 84.3 Å². The highest BCUT2D eigenvalue weighted by Crippen LogP contribution is 2.22. The summed E-state index contributed by atoms with van der Waals surface area (Å²) in [7, 11) is 0. The molecule has 0 aromatic carbocycles. The van der Waals surface area contributed by atoms with Crippen molar-refractivity contribution in [2.24, 2.45) is 5.41 Å². The first-order valence-electron chi connectivity index (χ1n) is 10.3. The molecule has 0 aliphatic carbocycles. The van der Waals surface area contributed by atoms with Gasteiger partial charge in [0, 0.05) is 6.42 Å². The van der Waals surface area contributed by atoms with Crippen molar-refractivity contribution in [3.8, 4) is 0 Å². The van der Waals surface area contributed by atoms with Crippen molar-refractivity contribution in [1.82, 2.24) is 0 Å². The average molecular weight is 339 g/mol. The van der Waals surface area contributed by atoms with E-state index in [1.54, 1.807) is 0 Å². The Labute approximate surface area is 151 Å². The molecule has 0 fully saturated rings. The van der Waals surface area contributed by atoms with Crippen molar-refractivity contribution in [2.75, 3.05) is 0 Å². The molecule has 0 aliphatic rings. The number of carboxylic acid groups (broad SMARTS) is 1. The van der Waals surface area contributed by atoms with Gasteiger partial charge in [0.1, 0.15) is 0 Å². The molecule has 0 aromatic heterocycles. The van der Waals surface area contributed by atoms with Gasteiger partial charge in [-0.3, -0.25) is 4.79 Å². The average Bonchev–Trinajstić information content (AvgIpc) is 2.49. The van der Waals surface area contributed by atoms with E-state index >= 15 is 0 Å². The van der Waals surface area contributed by atoms with E-state index in [9.17, 15) is 4.79 Å². The number of carbonyl (C=O) groups is 1. The zero-order chi connectivity index (χ0) is 18.1. The van der Waals surface area contributed by atoms with Gasteiger partial charge < -0.3 is 5.11 Å². The van der Waals surface area contributed by atoms with Crippen LogP contribution in [0.25, 0.3) is 0 Å². The lowest BCUT2D eigenvalue weighted by molar-refractivity contribution is -0.137. The highest BCUT2D eigenvalue weighted by molar-refractivity contribution is 5.66. The van der Waals surface area contributed by atoms with E-state index in [0.717, 1.165) is 19.3 Å². The van der Waals surface area contributed by atoms with Gasteiger partial charge in [0.2, 0.25) is 0 Å². The molecule has 0 saturated heterocycles. The lowest BCUT2D eigenvalue weighted by atomic mass is 9.89. The van der Waals surface area contributed by atoms with E-state index in [4.69, 9.17) is 5.11 Å². The van der Waals surface area contributed by atoms with Crippen molar-refractivity contribution in [3.63, 3.8) is 0 Å². The van der Waals surface area contributed by atoms with Gasteiger partial charge in [-0.2, -0.15) is 0 Å². The lowest BCUT2D eigenvalue weighted by Crippen LogP contribution is -2.03. The Bertz CT molecular complexity index is 312. The Kier molecular flexibility index (Phi) is 15.2. The molecule has 0 rings (SSSR count). The lowest BCUT2D eigenvalue weighted by Gasteiger charge is -2.17. The van der Waals surface area contributed by atoms with Gasteiger partial charge >= 0.3 is 5.97 Å². The minimum absolute atomic E-state index is 0.310. The highest BCUT2D eigenvalue weighted by atomic mass is 16.4. The topological polar surface area (TPSA) is 37.3 Å². The minimum Gasteiger partial charge on any atom is -0.481 e. The predicted octanol–water partition coefficient (Wildman–Crippen LogP) is 7.52. The van der Waals surface area contributed by atoms with Crippen LogP contribution in [0.4, 0.5) is 0 Å². The fraction of sp³-hybridized carbons (Fsp3) is 0.864. The molecule has 24 heavy (non-hydrogen) atoms. The number of hydrogen-bond acceptors (Lipinski definition) is 1. The minimum atomic E-state index is -0.677. The second-order valence-electron chi connectivity index (χ2n) is 8.39. The van der Waals surface area contributed by atoms with E-state index in [0.29, 0.717) is 11.8 Å². The van der Waals surface area contributed by atoms with Crippen LogP contribution in [0.2, 0.25) is 0 Å². The number of carboxylic acids is 1. The van der Waals surface area contributed by atoms with Crippen LogP contribution in [0.1, 0.15) is 117 Å². The SMILES string of the molecule is CC(C)(C)CCCCCCCCCCC/C=C/CCCCC(=O)O. The summed E-state index contributed by atoms with van der Waals surface area (Å²) in [5.74, 6) is -0.677. The van der Waals surface area contributed by atoms with E-state index in [2.05, 4.69) is 32.9 Å². The Hall–Kier alpha value is -0.790. The fourth-order valence-electron chi connectivity index (χ4n) is 2.93. The van der Waals surface area contributed by atoms with E-state index in [-0.39, 0.29) is 0 Å². The normalized spacial score (nSPS) is 12.1. The highest BCUT2D eigenvalue weighted by Gasteiger charge is 2.08. The Balaban J connectivity index is 3.13. The molecule has 0 radical (unpaired) electrons. The molecule has 142 valence electrons. The standard InChI is InChI=1S/C22H42O2/c1-22(2,3)20-18-16-14-12-10-8-6-4-5-7-9-11-13-15-17-19-21(23)24/h9,11H,4-8,10,12-20H2,1-3H3,(H,23,24)/b11-9+. The van der Waals surface area contributed by atoms with Gasteiger partial charge in [0.25, 0.3) is 0 Å². The second-order valence-corrected chi connectivity index (χ2v) is 8.39. The second kappa shape index (κ2) is 15.7. The molecule has 2 heteroatoms. The van der Waals surface area contributed by atoms with Crippen LogP contribution in [0.3, 0.4) is 0 Å². The number of rotatable bonds is 16. The predicted molar refractivity (Wildman–Crippen MR) is 105 cm³/mol. The van der Waals surface area contributed by atoms with Crippen LogP contribution in [0, 0.1) is 5.41 Å². The van der Waals surface area contributed by atoms with Crippen LogP contribution < -0.4 is 0 Å². The van der Waals surface area contributed by atoms with Crippen molar-refractivity contribution in [2.45, 2.75) is 117 Å². The van der Waals surface area contributed by atoms with Gasteiger partial charge in [0.05, 0.1) is 0 Å². The van der Waals surface area contributed by atoms with E-state index in [1.807, 2.05) is 0 Å². The maximum Gasteiger partial charge on any atom is 0.303 e. The first-order valence-corrected chi connectivity index (χ1v) is 10.3. The van der Waals surface area contributed by atoms with Crippen LogP contribution in [0.15, 0.2) is 12.2 Å². The van der Waals surface area contributed by atoms with Crippen molar-refractivity contribution >= 4 is 5.97 Å². The first kappa shape index (κ1) is 23.2. The molecule has 0 spiro atoms. The molecule has 0 atom stereocenters. The third-order valence-corrected chi connectivity index (χ3v) is 4.48. The van der Waals surface area contributed by atoms with Gasteiger partial charge in [-0.25, -0.2) is 0 Å². The monoisotopic (exact) mass is 338 g/mol. The third-order valence-electron chi connectivity index (χ3n) is 4.48. The number of hydrogen-bond donors (Lipinski definition) is 1. The van der Waals surface area contributed by atoms with Crippen molar-refractivity contribution in [1.29, 1.82) is 0 Å². The van der Waals surface area contributed by atoms with Gasteiger partial charge in [0.15, 0.2) is 0 Å². The van der Waals surface area contributed by atoms with Crippen LogP contribution >= 0.6 is 0 Å². The largest absolute Gasteiger partial charge is 0.481 e. The van der Waals surface area contributed by atoms with Crippen molar-refractivity contribution < 1.29 is 9.90 Å². The summed E-state index contributed by atoms with van der Waals surface area (Å²) in [6, 6.07) is 0. The smallest absolute Gasteiger partial charge is 0.303 e. The van der Waals surface area contributed by atoms with Crippen molar-refractivity contribution in [3.05, 3.63) is 12.2 Å². The number of unbranched alkanes of at least 4 members (excludes halogenated alkanes) is 11. The summed E-state index contributed by atoms with van der Waals surface area (Å²) in [5, 5.41) is 8.54. The maximum atomic E-state index is 10.4. The molecule has 1 N–H and O–H groups in total. The summed E-state index contributed by atoms with van der Waals surface area (Å²) in [5.41, 5.74) is 0.507. The molecular weight excluding hydrogens is 296 g/mol. The summed E-state index contributed by atoms with van der Waals surface area (Å²) in [6.07, 6.45) is 22.7. The summed E-state index contributed by atoms with van der Waals surface area (Å²) < 4.78 is 0. The van der Waals surface area contributed by atoms with Crippen LogP contribution in [0.5, 0.6) is 0 Å². The van der Waals surface area contributed by atoms with Gasteiger partial charge in [-0.05, 0) is 43.9 Å². The molecular formula is C22H42O2. The molecule has 2 nitrogen and oxygen atoms in total. The summed E-state index contributed by atoms with van der Waals surface area (Å²) in [6.45, 7) is 7.00. The molecule has 0 bridgehead atoms. The molecule has 0 aromatic rings. The number of allylic oxidation sites excluding steroid dienone is 2. The third kappa shape index (κ3) is 21.2. The number of aliphatic carboxylic acids is 1. The Morgan fingerprint density at radius 2 is 1.12 bits per heavy atom. The summed E-state index contributed by atoms with van der Waals surface area (Å²) in [4.78, 5) is 10.4. The fourth-order valence-corrected chi connectivity index (χ4v) is 2.93. The maximum absolute atomic E-state index is 10.4. The van der Waals surface area contributed by atoms with Crippen LogP contribution in [-0.4, -0.2) is 11.1 Å². The van der Waals surface area contributed by atoms with E-state index < -0.39 is 5.97 Å². The summed E-state index contributed by atoms with van der Waals surface area (Å²) >= 11 is 0. The molecule has 0 amide bonds. The first-order chi connectivity index (χ1) is 11.4. The van der Waals surface area contributed by atoms with Crippen LogP contribution in [-0.2, 0) is 4.79 Å². The van der Waals surface area contributed by atoms with Gasteiger partial charge in [-0.15, -0.1) is 0 Å². The Morgan fingerprint density at radius 1 is 0.708 bits per heavy atom. The molecule has 0 heterocycles. The quantitative estimate of drug-likeness (QED) is 0.233. The van der Waals surface area contributed by atoms with E-state index in [1.165, 1.54) is 70.6 Å². The molecule has 0 aliphatic heterocycles. The Morgan fingerprint density at radius 3 is 1.58 bits per heavy atom. The molecule has 0 unspecified atom stereocenters. The zero-order valence-electron chi connectivity index (χ0n) is 16.6. The molecule has 0 saturated carbocycles. The zero-order valence-corrected chi connectivity index (χ0v) is 16.6.